The molecule has 0 bridgehead atoms. The van der Waals surface area contributed by atoms with E-state index in [1.54, 1.807) is 6.11 Å². The number of rotatable bonds is 9. The van der Waals surface area contributed by atoms with Crippen LogP contribution in [0.1, 0.15) is 50.5 Å². The van der Waals surface area contributed by atoms with Gasteiger partial charge in [0.1, 0.15) is 12.4 Å². The van der Waals surface area contributed by atoms with Gasteiger partial charge in [-0.3, -0.25) is 0 Å². The number of nitrogens with zero attached hydrogens (tertiary/aromatic N) is 1. The molecule has 0 saturated heterocycles. The molecular weight excluding hydrogens is 366 g/mol. The highest BCUT2D eigenvalue weighted by molar-refractivity contribution is 5.79. The lowest BCUT2D eigenvalue weighted by Crippen LogP contribution is -2.35. The third-order valence-corrected chi connectivity index (χ3v) is 4.89. The van der Waals surface area contributed by atoms with Crippen molar-refractivity contribution in [3.05, 3.63) is 48.2 Å². The Labute approximate surface area is 175 Å². The van der Waals surface area contributed by atoms with Gasteiger partial charge in [-0.2, -0.15) is 0 Å². The minimum Gasteiger partial charge on any atom is -0.478 e. The Kier molecular flexibility index (Phi) is 12.5. The van der Waals surface area contributed by atoms with E-state index in [-0.39, 0.29) is 5.60 Å². The SMILES string of the molecule is C#CO/C=C/C(=O)O.CN(C)CCCOC1(Cc2ccccc2)CCCCCC1. The standard InChI is InChI=1S/C19H31NO.C5H4O3/c1-20(2)15-10-16-21-19(13-8-3-4-9-14-19)17-18-11-6-5-7-12-18;1-2-8-4-3-5(6)7/h5-7,11-12H,3-4,8-10,13-17H2,1-2H3;1,3-4H,(H,6,7)/b;4-3+. The van der Waals surface area contributed by atoms with Crippen molar-refractivity contribution in [1.82, 2.24) is 4.90 Å². The highest BCUT2D eigenvalue weighted by Crippen LogP contribution is 2.33. The van der Waals surface area contributed by atoms with Crippen molar-refractivity contribution >= 4 is 5.97 Å². The molecule has 0 aromatic heterocycles. The van der Waals surface area contributed by atoms with E-state index in [1.807, 2.05) is 0 Å². The summed E-state index contributed by atoms with van der Waals surface area (Å²) in [4.78, 5) is 11.9. The number of benzene rings is 1. The molecule has 0 heterocycles. The molecule has 1 saturated carbocycles. The number of carboxylic acid groups (broad SMARTS) is 1. The minimum absolute atomic E-state index is 0.0875. The quantitative estimate of drug-likeness (QED) is 0.217. The summed E-state index contributed by atoms with van der Waals surface area (Å²) in [5.74, 6) is -1.08. The first kappa shape index (κ1) is 24.7. The molecule has 1 N–H and O–H groups in total. The molecule has 0 atom stereocenters. The maximum absolute atomic E-state index is 9.64. The monoisotopic (exact) mass is 401 g/mol. The summed E-state index contributed by atoms with van der Waals surface area (Å²) in [6, 6.07) is 10.9. The van der Waals surface area contributed by atoms with Crippen LogP contribution in [0.25, 0.3) is 0 Å². The number of ether oxygens (including phenoxy) is 2. The van der Waals surface area contributed by atoms with Crippen molar-refractivity contribution in [1.29, 1.82) is 0 Å². The van der Waals surface area contributed by atoms with Crippen molar-refractivity contribution in [2.75, 3.05) is 27.2 Å². The van der Waals surface area contributed by atoms with E-state index in [0.717, 1.165) is 38.3 Å². The number of hydrogen-bond acceptors (Lipinski definition) is 4. The normalized spacial score (nSPS) is 15.8. The van der Waals surface area contributed by atoms with Crippen LogP contribution in [0, 0.1) is 12.5 Å². The summed E-state index contributed by atoms with van der Waals surface area (Å²) >= 11 is 0. The molecule has 5 nitrogen and oxygen atoms in total. The lowest BCUT2D eigenvalue weighted by molar-refractivity contribution is -0.131. The number of aliphatic carboxylic acids is 1. The average Bonchev–Trinajstić information content (AvgIpc) is 2.92. The summed E-state index contributed by atoms with van der Waals surface area (Å²) < 4.78 is 10.6. The molecule has 0 radical (unpaired) electrons. The van der Waals surface area contributed by atoms with Crippen LogP contribution in [-0.2, 0) is 20.7 Å². The van der Waals surface area contributed by atoms with Crippen LogP contribution < -0.4 is 0 Å². The summed E-state index contributed by atoms with van der Waals surface area (Å²) in [6.45, 7) is 2.01. The lowest BCUT2D eigenvalue weighted by Gasteiger charge is -2.33. The van der Waals surface area contributed by atoms with E-state index >= 15 is 0 Å². The fourth-order valence-electron chi connectivity index (χ4n) is 3.51. The third kappa shape index (κ3) is 12.0. The first-order valence-corrected chi connectivity index (χ1v) is 10.3. The van der Waals surface area contributed by atoms with Crippen LogP contribution in [-0.4, -0.2) is 48.8 Å². The summed E-state index contributed by atoms with van der Waals surface area (Å²) in [7, 11) is 4.26. The molecule has 1 aromatic rings. The molecular formula is C24H35NO4. The zero-order chi connectivity index (χ0) is 21.4. The van der Waals surface area contributed by atoms with Gasteiger partial charge in [-0.05, 0) is 45.5 Å². The third-order valence-electron chi connectivity index (χ3n) is 4.89. The van der Waals surface area contributed by atoms with Crippen LogP contribution in [0.3, 0.4) is 0 Å². The van der Waals surface area contributed by atoms with E-state index in [1.165, 1.54) is 44.1 Å². The molecule has 0 unspecified atom stereocenters. The second-order valence-corrected chi connectivity index (χ2v) is 7.64. The first-order chi connectivity index (χ1) is 14.0. The van der Waals surface area contributed by atoms with Crippen molar-refractivity contribution in [3.8, 4) is 12.5 Å². The fourth-order valence-corrected chi connectivity index (χ4v) is 3.51. The Morgan fingerprint density at radius 1 is 1.21 bits per heavy atom. The van der Waals surface area contributed by atoms with Gasteiger partial charge in [-0.1, -0.05) is 62.4 Å². The van der Waals surface area contributed by atoms with E-state index in [2.05, 4.69) is 60.5 Å². The Hall–Kier alpha value is -2.29. The Morgan fingerprint density at radius 2 is 1.86 bits per heavy atom. The van der Waals surface area contributed by atoms with Crippen molar-refractivity contribution < 1.29 is 19.4 Å². The van der Waals surface area contributed by atoms with Gasteiger partial charge in [0.05, 0.1) is 11.7 Å². The smallest absolute Gasteiger partial charge is 0.331 e. The highest BCUT2D eigenvalue weighted by Gasteiger charge is 2.31. The largest absolute Gasteiger partial charge is 0.478 e. The molecule has 1 aliphatic rings. The second kappa shape index (κ2) is 14.7. The van der Waals surface area contributed by atoms with Gasteiger partial charge in [0, 0.05) is 13.0 Å². The van der Waals surface area contributed by atoms with Gasteiger partial charge in [0.15, 0.2) is 0 Å². The predicted molar refractivity (Wildman–Crippen MR) is 116 cm³/mol. The van der Waals surface area contributed by atoms with Crippen molar-refractivity contribution in [3.63, 3.8) is 0 Å². The van der Waals surface area contributed by atoms with E-state index in [0.29, 0.717) is 0 Å². The number of terminal acetylenes is 1. The summed E-state index contributed by atoms with van der Waals surface area (Å²) in [6.07, 6.45) is 18.1. The van der Waals surface area contributed by atoms with Gasteiger partial charge in [-0.15, -0.1) is 0 Å². The van der Waals surface area contributed by atoms with Crippen LogP contribution in [0.4, 0.5) is 0 Å². The van der Waals surface area contributed by atoms with Crippen LogP contribution in [0.2, 0.25) is 0 Å². The number of hydrogen-bond donors (Lipinski definition) is 1. The fraction of sp³-hybridized carbons (Fsp3) is 0.542. The zero-order valence-electron chi connectivity index (χ0n) is 17.8. The van der Waals surface area contributed by atoms with E-state index < -0.39 is 5.97 Å². The molecule has 1 aromatic carbocycles. The van der Waals surface area contributed by atoms with E-state index in [9.17, 15) is 4.79 Å². The number of carboxylic acids is 1. The van der Waals surface area contributed by atoms with Gasteiger partial charge in [0.25, 0.3) is 0 Å². The molecule has 1 fully saturated rings. The highest BCUT2D eigenvalue weighted by atomic mass is 16.5. The molecule has 0 spiro atoms. The van der Waals surface area contributed by atoms with Crippen molar-refractivity contribution in [2.24, 2.45) is 0 Å². The van der Waals surface area contributed by atoms with Crippen LogP contribution in [0.15, 0.2) is 42.7 Å². The van der Waals surface area contributed by atoms with Crippen molar-refractivity contribution in [2.45, 2.75) is 57.0 Å². The predicted octanol–water partition coefficient (Wildman–Crippen LogP) is 4.48. The van der Waals surface area contributed by atoms with Gasteiger partial charge in [0.2, 0.25) is 0 Å². The molecule has 0 amide bonds. The van der Waals surface area contributed by atoms with Gasteiger partial charge >= 0.3 is 5.97 Å². The maximum Gasteiger partial charge on any atom is 0.331 e. The molecule has 2 rings (SSSR count). The second-order valence-electron chi connectivity index (χ2n) is 7.64. The van der Waals surface area contributed by atoms with Crippen LogP contribution >= 0.6 is 0 Å². The zero-order valence-corrected chi connectivity index (χ0v) is 17.8. The Balaban J connectivity index is 0.000000447. The van der Waals surface area contributed by atoms with Crippen LogP contribution in [0.5, 0.6) is 0 Å². The topological polar surface area (TPSA) is 59.0 Å². The molecule has 29 heavy (non-hydrogen) atoms. The molecule has 1 aliphatic carbocycles. The molecule has 5 heteroatoms. The molecule has 160 valence electrons. The lowest BCUT2D eigenvalue weighted by atomic mass is 9.87. The first-order valence-electron chi connectivity index (χ1n) is 10.3. The summed E-state index contributed by atoms with van der Waals surface area (Å²) in [5.41, 5.74) is 1.51. The Morgan fingerprint density at radius 3 is 2.41 bits per heavy atom. The molecule has 0 aliphatic heterocycles. The van der Waals surface area contributed by atoms with Gasteiger partial charge in [-0.25, -0.2) is 4.79 Å². The van der Waals surface area contributed by atoms with E-state index in [4.69, 9.17) is 9.84 Å². The average molecular weight is 402 g/mol. The maximum atomic E-state index is 9.64. The number of carbonyl (C=O) groups is 1. The van der Waals surface area contributed by atoms with Gasteiger partial charge < -0.3 is 19.5 Å². The summed E-state index contributed by atoms with van der Waals surface area (Å²) in [5, 5.41) is 7.90. The minimum atomic E-state index is -1.08. The Bertz CT molecular complexity index is 626.